The van der Waals surface area contributed by atoms with Gasteiger partial charge in [-0.3, -0.25) is 5.43 Å². The highest BCUT2D eigenvalue weighted by atomic mass is 16.4. The van der Waals surface area contributed by atoms with Gasteiger partial charge in [-0.1, -0.05) is 24.3 Å². The summed E-state index contributed by atoms with van der Waals surface area (Å²) in [6, 6.07) is 13.2. The zero-order chi connectivity index (χ0) is 13.7. The van der Waals surface area contributed by atoms with Crippen LogP contribution < -0.4 is 5.43 Å². The number of hydrazone groups is 1. The second kappa shape index (κ2) is 5.68. The van der Waals surface area contributed by atoms with Crippen molar-refractivity contribution in [1.29, 1.82) is 0 Å². The number of hydrogen-bond acceptors (Lipinski definition) is 4. The quantitative estimate of drug-likeness (QED) is 0.580. The zero-order valence-electron chi connectivity index (χ0n) is 9.95. The smallest absolute Gasteiger partial charge is 0.337 e. The minimum Gasteiger partial charge on any atom is -0.507 e. The summed E-state index contributed by atoms with van der Waals surface area (Å²) in [5, 5.41) is 22.4. The highest BCUT2D eigenvalue weighted by Crippen LogP contribution is 2.16. The van der Waals surface area contributed by atoms with E-state index in [1.165, 1.54) is 12.3 Å². The average Bonchev–Trinajstić information content (AvgIpc) is 2.41. The van der Waals surface area contributed by atoms with Crippen molar-refractivity contribution in [3.63, 3.8) is 0 Å². The summed E-state index contributed by atoms with van der Waals surface area (Å²) in [5.74, 6) is -0.916. The summed E-state index contributed by atoms with van der Waals surface area (Å²) in [7, 11) is 0. The molecule has 0 aliphatic carbocycles. The highest BCUT2D eigenvalue weighted by Gasteiger charge is 2.07. The minimum absolute atomic E-state index is 0.111. The number of carbonyl (C=O) groups is 1. The monoisotopic (exact) mass is 256 g/mol. The summed E-state index contributed by atoms with van der Waals surface area (Å²) < 4.78 is 0. The first-order chi connectivity index (χ1) is 9.18. The third-order valence-corrected chi connectivity index (χ3v) is 2.48. The molecule has 0 aromatic heterocycles. The number of benzene rings is 2. The Morgan fingerprint density at radius 2 is 1.79 bits per heavy atom. The Morgan fingerprint density at radius 3 is 2.53 bits per heavy atom. The first-order valence-electron chi connectivity index (χ1n) is 5.58. The summed E-state index contributed by atoms with van der Waals surface area (Å²) in [6.45, 7) is 0. The van der Waals surface area contributed by atoms with Crippen molar-refractivity contribution in [3.8, 4) is 5.75 Å². The lowest BCUT2D eigenvalue weighted by molar-refractivity contribution is 0.0698. The van der Waals surface area contributed by atoms with Crippen LogP contribution in [0.1, 0.15) is 15.9 Å². The third kappa shape index (κ3) is 3.10. The molecule has 0 aliphatic rings. The molecule has 0 spiro atoms. The molecule has 19 heavy (non-hydrogen) atoms. The molecule has 0 saturated heterocycles. The molecule has 0 fully saturated rings. The maximum Gasteiger partial charge on any atom is 0.337 e. The van der Waals surface area contributed by atoms with Crippen molar-refractivity contribution < 1.29 is 15.0 Å². The number of phenols is 1. The molecule has 0 radical (unpaired) electrons. The van der Waals surface area contributed by atoms with Crippen LogP contribution in [0.4, 0.5) is 5.69 Å². The number of aromatic hydroxyl groups is 1. The first-order valence-corrected chi connectivity index (χ1v) is 5.58. The van der Waals surface area contributed by atoms with Gasteiger partial charge in [-0.25, -0.2) is 4.79 Å². The fourth-order valence-electron chi connectivity index (χ4n) is 1.54. The highest BCUT2D eigenvalue weighted by molar-refractivity contribution is 5.94. The van der Waals surface area contributed by atoms with Crippen LogP contribution in [-0.2, 0) is 0 Å². The van der Waals surface area contributed by atoms with Crippen molar-refractivity contribution in [2.24, 2.45) is 5.10 Å². The zero-order valence-corrected chi connectivity index (χ0v) is 9.95. The summed E-state index contributed by atoms with van der Waals surface area (Å²) >= 11 is 0. The number of nitrogens with one attached hydrogen (secondary N) is 1. The van der Waals surface area contributed by atoms with Gasteiger partial charge in [0.05, 0.1) is 17.5 Å². The number of carboxylic acid groups (broad SMARTS) is 1. The van der Waals surface area contributed by atoms with Gasteiger partial charge < -0.3 is 10.2 Å². The molecule has 0 amide bonds. The number of anilines is 1. The SMILES string of the molecule is O=C(O)c1ccccc1N/N=C/c1ccccc1O. The molecule has 96 valence electrons. The largest absolute Gasteiger partial charge is 0.507 e. The van der Waals surface area contributed by atoms with Gasteiger partial charge in [-0.05, 0) is 24.3 Å². The first kappa shape index (κ1) is 12.6. The Kier molecular flexibility index (Phi) is 3.78. The molecule has 0 heterocycles. The molecule has 0 aliphatic heterocycles. The van der Waals surface area contributed by atoms with Gasteiger partial charge in [0.15, 0.2) is 0 Å². The topological polar surface area (TPSA) is 81.9 Å². The van der Waals surface area contributed by atoms with E-state index in [1.54, 1.807) is 42.5 Å². The van der Waals surface area contributed by atoms with Gasteiger partial charge >= 0.3 is 5.97 Å². The van der Waals surface area contributed by atoms with E-state index >= 15 is 0 Å². The Balaban J connectivity index is 2.15. The molecule has 3 N–H and O–H groups in total. The van der Waals surface area contributed by atoms with Crippen LogP contribution in [0.15, 0.2) is 53.6 Å². The molecule has 0 bridgehead atoms. The predicted octanol–water partition coefficient (Wildman–Crippen LogP) is 2.54. The fourth-order valence-corrected chi connectivity index (χ4v) is 1.54. The molecule has 5 nitrogen and oxygen atoms in total. The number of hydrogen-bond donors (Lipinski definition) is 3. The van der Waals surface area contributed by atoms with Crippen molar-refractivity contribution in [1.82, 2.24) is 0 Å². The van der Waals surface area contributed by atoms with Gasteiger partial charge in [0.2, 0.25) is 0 Å². The van der Waals surface area contributed by atoms with Crippen LogP contribution in [0.25, 0.3) is 0 Å². The van der Waals surface area contributed by atoms with E-state index in [9.17, 15) is 9.90 Å². The second-order valence-corrected chi connectivity index (χ2v) is 3.78. The molecule has 0 unspecified atom stereocenters. The fraction of sp³-hybridized carbons (Fsp3) is 0. The minimum atomic E-state index is -1.03. The molecule has 5 heteroatoms. The summed E-state index contributed by atoms with van der Waals surface area (Å²) in [4.78, 5) is 11.0. The van der Waals surface area contributed by atoms with Crippen LogP contribution in [0, 0.1) is 0 Å². The molecule has 0 saturated carbocycles. The Morgan fingerprint density at radius 1 is 1.11 bits per heavy atom. The van der Waals surface area contributed by atoms with Crippen LogP contribution in [-0.4, -0.2) is 22.4 Å². The predicted molar refractivity (Wildman–Crippen MR) is 72.7 cm³/mol. The lowest BCUT2D eigenvalue weighted by atomic mass is 10.2. The van der Waals surface area contributed by atoms with E-state index in [2.05, 4.69) is 10.5 Å². The number of nitrogens with zero attached hydrogens (tertiary/aromatic N) is 1. The van der Waals surface area contributed by atoms with Crippen LogP contribution >= 0.6 is 0 Å². The number of phenolic OH excluding ortho intramolecular Hbond substituents is 1. The molecule has 2 rings (SSSR count). The van der Waals surface area contributed by atoms with Crippen molar-refractivity contribution in [2.45, 2.75) is 0 Å². The van der Waals surface area contributed by atoms with E-state index < -0.39 is 5.97 Å². The second-order valence-electron chi connectivity index (χ2n) is 3.78. The maximum absolute atomic E-state index is 11.0. The standard InChI is InChI=1S/C14H12N2O3/c17-13-8-4-1-5-10(13)9-15-16-12-7-3-2-6-11(12)14(18)19/h1-9,16-17H,(H,18,19)/b15-9+. The van der Waals surface area contributed by atoms with Crippen molar-refractivity contribution in [2.75, 3.05) is 5.43 Å². The van der Waals surface area contributed by atoms with E-state index in [0.717, 1.165) is 0 Å². The summed E-state index contributed by atoms with van der Waals surface area (Å²) in [5.41, 5.74) is 3.72. The Bertz CT molecular complexity index is 624. The molecule has 0 atom stereocenters. The number of rotatable bonds is 4. The van der Waals surface area contributed by atoms with Crippen LogP contribution in [0.2, 0.25) is 0 Å². The molecular formula is C14H12N2O3. The lowest BCUT2D eigenvalue weighted by Crippen LogP contribution is -2.02. The van der Waals surface area contributed by atoms with Gasteiger partial charge in [0.25, 0.3) is 0 Å². The van der Waals surface area contributed by atoms with E-state index in [1.807, 2.05) is 0 Å². The van der Waals surface area contributed by atoms with E-state index in [-0.39, 0.29) is 11.3 Å². The van der Waals surface area contributed by atoms with E-state index in [0.29, 0.717) is 11.3 Å². The molecule has 2 aromatic rings. The van der Waals surface area contributed by atoms with E-state index in [4.69, 9.17) is 5.11 Å². The Labute approximate surface area is 109 Å². The normalized spacial score (nSPS) is 10.5. The number of para-hydroxylation sites is 2. The molecule has 2 aromatic carbocycles. The molecular weight excluding hydrogens is 244 g/mol. The van der Waals surface area contributed by atoms with Gasteiger partial charge in [-0.2, -0.15) is 5.10 Å². The van der Waals surface area contributed by atoms with Gasteiger partial charge in [0.1, 0.15) is 5.75 Å². The Hall–Kier alpha value is -2.82. The van der Waals surface area contributed by atoms with Crippen LogP contribution in [0.3, 0.4) is 0 Å². The summed E-state index contributed by atoms with van der Waals surface area (Å²) in [6.07, 6.45) is 1.42. The van der Waals surface area contributed by atoms with Crippen molar-refractivity contribution >= 4 is 17.9 Å². The van der Waals surface area contributed by atoms with Gasteiger partial charge in [0, 0.05) is 5.56 Å². The average molecular weight is 256 g/mol. The van der Waals surface area contributed by atoms with Gasteiger partial charge in [-0.15, -0.1) is 0 Å². The third-order valence-electron chi connectivity index (χ3n) is 2.48. The van der Waals surface area contributed by atoms with Crippen molar-refractivity contribution in [3.05, 3.63) is 59.7 Å². The lowest BCUT2D eigenvalue weighted by Gasteiger charge is -2.04. The maximum atomic E-state index is 11.0. The number of carboxylic acids is 1. The van der Waals surface area contributed by atoms with Crippen LogP contribution in [0.5, 0.6) is 5.75 Å². The number of aromatic carboxylic acids is 1.